The first-order valence-corrected chi connectivity index (χ1v) is 7.16. The number of nitrogens with one attached hydrogen (secondary N) is 1. The Morgan fingerprint density at radius 1 is 1.41 bits per heavy atom. The van der Waals surface area contributed by atoms with Gasteiger partial charge in [-0.2, -0.15) is 0 Å². The minimum absolute atomic E-state index is 0.180. The molecule has 0 saturated carbocycles. The molecular formula is C17H16N2O3. The van der Waals surface area contributed by atoms with Crippen LogP contribution in [-0.4, -0.2) is 28.7 Å². The number of hydrogen-bond donors (Lipinski definition) is 1. The van der Waals surface area contributed by atoms with Gasteiger partial charge in [0.25, 0.3) is 5.91 Å². The summed E-state index contributed by atoms with van der Waals surface area (Å²) in [5.41, 5.74) is 2.23. The molecule has 1 saturated heterocycles. The molecule has 1 atom stereocenters. The van der Waals surface area contributed by atoms with Gasteiger partial charge in [0.2, 0.25) is 11.8 Å². The first kappa shape index (κ1) is 13.1. The number of fused-ring (bicyclic) bond motifs is 1. The topological polar surface area (TPSA) is 66.5 Å². The number of carbonyl (C=O) groups is 3. The van der Waals surface area contributed by atoms with E-state index >= 15 is 0 Å². The molecule has 3 rings (SSSR count). The molecule has 0 bridgehead atoms. The molecular weight excluding hydrogens is 280 g/mol. The minimum Gasteiger partial charge on any atom is -0.322 e. The van der Waals surface area contributed by atoms with Crippen molar-refractivity contribution in [1.82, 2.24) is 10.2 Å². The van der Waals surface area contributed by atoms with Crippen molar-refractivity contribution in [3.63, 3.8) is 0 Å². The van der Waals surface area contributed by atoms with E-state index in [-0.39, 0.29) is 25.1 Å². The molecule has 112 valence electrons. The van der Waals surface area contributed by atoms with Gasteiger partial charge >= 0.3 is 0 Å². The SMILES string of the molecule is [2H]CCC#Cc1ccc2c(c1)CN(C1CCC(=O)NC1=O)C2=O. The second kappa shape index (κ2) is 5.64. The van der Waals surface area contributed by atoms with Crippen LogP contribution in [0.1, 0.15) is 49.0 Å². The summed E-state index contributed by atoms with van der Waals surface area (Å²) in [6, 6.07) is 4.77. The first-order chi connectivity index (χ1) is 11.1. The number of nitrogens with zero attached hydrogens (tertiary/aromatic N) is 1. The summed E-state index contributed by atoms with van der Waals surface area (Å²) >= 11 is 0. The summed E-state index contributed by atoms with van der Waals surface area (Å²) in [6.45, 7) is 0.619. The monoisotopic (exact) mass is 297 g/mol. The molecule has 5 heteroatoms. The Morgan fingerprint density at radius 3 is 3.05 bits per heavy atom. The molecule has 2 aliphatic rings. The predicted octanol–water partition coefficient (Wildman–Crippen LogP) is 1.21. The van der Waals surface area contributed by atoms with Crippen LogP contribution in [0.15, 0.2) is 18.2 Å². The van der Waals surface area contributed by atoms with E-state index in [0.29, 0.717) is 24.9 Å². The molecule has 5 nitrogen and oxygen atoms in total. The zero-order valence-corrected chi connectivity index (χ0v) is 12.0. The molecule has 2 heterocycles. The third kappa shape index (κ3) is 2.48. The molecule has 0 radical (unpaired) electrons. The Morgan fingerprint density at radius 2 is 2.27 bits per heavy atom. The van der Waals surface area contributed by atoms with E-state index in [1.165, 1.54) is 4.90 Å². The van der Waals surface area contributed by atoms with Gasteiger partial charge in [0.05, 0.1) is 0 Å². The van der Waals surface area contributed by atoms with E-state index in [9.17, 15) is 14.4 Å². The molecule has 1 aromatic rings. The molecule has 0 aliphatic carbocycles. The summed E-state index contributed by atoms with van der Waals surface area (Å²) in [5.74, 6) is 5.00. The zero-order chi connectivity index (χ0) is 16.4. The van der Waals surface area contributed by atoms with E-state index < -0.39 is 11.9 Å². The Balaban J connectivity index is 1.80. The predicted molar refractivity (Wildman–Crippen MR) is 79.7 cm³/mol. The number of amides is 3. The maximum absolute atomic E-state index is 12.5. The minimum atomic E-state index is -0.592. The van der Waals surface area contributed by atoms with Crippen LogP contribution in [0.5, 0.6) is 0 Å². The number of imide groups is 1. The van der Waals surface area contributed by atoms with Crippen LogP contribution in [0, 0.1) is 11.8 Å². The molecule has 3 amide bonds. The molecule has 0 spiro atoms. The highest BCUT2D eigenvalue weighted by atomic mass is 16.2. The van der Waals surface area contributed by atoms with Crippen molar-refractivity contribution in [2.75, 3.05) is 0 Å². The quantitative estimate of drug-likeness (QED) is 0.626. The maximum Gasteiger partial charge on any atom is 0.255 e. The van der Waals surface area contributed by atoms with Gasteiger partial charge in [-0.05, 0) is 30.2 Å². The van der Waals surface area contributed by atoms with Crippen LogP contribution < -0.4 is 5.32 Å². The van der Waals surface area contributed by atoms with Crippen molar-refractivity contribution in [2.45, 2.75) is 38.7 Å². The maximum atomic E-state index is 12.5. The first-order valence-electron chi connectivity index (χ1n) is 7.86. The Hall–Kier alpha value is -2.61. The van der Waals surface area contributed by atoms with Gasteiger partial charge < -0.3 is 4.90 Å². The molecule has 0 aromatic heterocycles. The number of piperidine rings is 1. The second-order valence-electron chi connectivity index (χ2n) is 5.32. The molecule has 1 aromatic carbocycles. The van der Waals surface area contributed by atoms with Crippen molar-refractivity contribution in [1.29, 1.82) is 0 Å². The van der Waals surface area contributed by atoms with Crippen LogP contribution in [0.3, 0.4) is 0 Å². The van der Waals surface area contributed by atoms with E-state index in [1.54, 1.807) is 12.1 Å². The lowest BCUT2D eigenvalue weighted by molar-refractivity contribution is -0.136. The molecule has 1 unspecified atom stereocenters. The lowest BCUT2D eigenvalue weighted by atomic mass is 10.0. The van der Waals surface area contributed by atoms with E-state index in [2.05, 4.69) is 17.2 Å². The number of hydrogen-bond acceptors (Lipinski definition) is 3. The van der Waals surface area contributed by atoms with E-state index in [1.807, 2.05) is 6.07 Å². The Bertz CT molecular complexity index is 748. The average Bonchev–Trinajstić information content (AvgIpc) is 2.84. The third-order valence-electron chi connectivity index (χ3n) is 3.88. The fraction of sp³-hybridized carbons (Fsp3) is 0.353. The molecule has 22 heavy (non-hydrogen) atoms. The van der Waals surface area contributed by atoms with Crippen LogP contribution in [-0.2, 0) is 16.1 Å². The van der Waals surface area contributed by atoms with Gasteiger partial charge in [0.15, 0.2) is 0 Å². The lowest BCUT2D eigenvalue weighted by Gasteiger charge is -2.29. The molecule has 1 fully saturated rings. The van der Waals surface area contributed by atoms with Gasteiger partial charge in [-0.1, -0.05) is 18.7 Å². The third-order valence-corrected chi connectivity index (χ3v) is 3.88. The van der Waals surface area contributed by atoms with Crippen LogP contribution in [0.2, 0.25) is 0 Å². The molecule has 1 N–H and O–H groups in total. The summed E-state index contributed by atoms with van der Waals surface area (Å²) in [6.07, 6.45) is 1.12. The van der Waals surface area contributed by atoms with Crippen LogP contribution >= 0.6 is 0 Å². The Kier molecular flexibility index (Phi) is 3.36. The van der Waals surface area contributed by atoms with Gasteiger partial charge in [-0.25, -0.2) is 0 Å². The second-order valence-corrected chi connectivity index (χ2v) is 5.32. The van der Waals surface area contributed by atoms with E-state index in [0.717, 1.165) is 11.1 Å². The fourth-order valence-corrected chi connectivity index (χ4v) is 2.82. The standard InChI is InChI=1S/C17H16N2O3/c1-2-3-4-11-5-6-13-12(9-11)10-19(17(13)22)14-7-8-15(20)18-16(14)21/h5-6,9,14H,2,7-8,10H2,1H3,(H,18,20,21)/i1D. The van der Waals surface area contributed by atoms with Gasteiger partial charge in [-0.15, -0.1) is 0 Å². The summed E-state index contributed by atoms with van der Waals surface area (Å²) in [5, 5.41) is 2.29. The highest BCUT2D eigenvalue weighted by molar-refractivity contribution is 6.05. The van der Waals surface area contributed by atoms with Crippen molar-refractivity contribution in [2.24, 2.45) is 0 Å². The fourth-order valence-electron chi connectivity index (χ4n) is 2.82. The lowest BCUT2D eigenvalue weighted by Crippen LogP contribution is -2.52. The van der Waals surface area contributed by atoms with Crippen molar-refractivity contribution in [3.8, 4) is 11.8 Å². The van der Waals surface area contributed by atoms with Crippen molar-refractivity contribution in [3.05, 3.63) is 34.9 Å². The van der Waals surface area contributed by atoms with Gasteiger partial charge in [-0.3, -0.25) is 19.7 Å². The average molecular weight is 297 g/mol. The van der Waals surface area contributed by atoms with Gasteiger partial charge in [0.1, 0.15) is 6.04 Å². The van der Waals surface area contributed by atoms with Crippen molar-refractivity contribution >= 4 is 17.7 Å². The van der Waals surface area contributed by atoms with Gasteiger partial charge in [0, 0.05) is 31.9 Å². The highest BCUT2D eigenvalue weighted by Crippen LogP contribution is 2.27. The highest BCUT2D eigenvalue weighted by Gasteiger charge is 2.38. The molecule has 2 aliphatic heterocycles. The Labute approximate surface area is 130 Å². The van der Waals surface area contributed by atoms with Crippen LogP contribution in [0.4, 0.5) is 0 Å². The number of rotatable bonds is 1. The zero-order valence-electron chi connectivity index (χ0n) is 13.0. The summed E-state index contributed by atoms with van der Waals surface area (Å²) < 4.78 is 7.07. The summed E-state index contributed by atoms with van der Waals surface area (Å²) in [4.78, 5) is 37.2. The summed E-state index contributed by atoms with van der Waals surface area (Å²) in [7, 11) is 0. The largest absolute Gasteiger partial charge is 0.322 e. The number of carbonyl (C=O) groups excluding carboxylic acids is 3. The van der Waals surface area contributed by atoms with E-state index in [4.69, 9.17) is 1.37 Å². The van der Waals surface area contributed by atoms with Crippen molar-refractivity contribution < 1.29 is 15.8 Å². The normalized spacial score (nSPS) is 20.9. The smallest absolute Gasteiger partial charge is 0.255 e. The van der Waals surface area contributed by atoms with Crippen LogP contribution in [0.25, 0.3) is 0 Å². The number of benzene rings is 1.